The van der Waals surface area contributed by atoms with E-state index < -0.39 is 0 Å². The summed E-state index contributed by atoms with van der Waals surface area (Å²) >= 11 is 1.79. The zero-order chi connectivity index (χ0) is 12.4. The van der Waals surface area contributed by atoms with Crippen LogP contribution in [0.3, 0.4) is 0 Å². The van der Waals surface area contributed by atoms with Gasteiger partial charge in [0.2, 0.25) is 5.82 Å². The van der Waals surface area contributed by atoms with E-state index in [0.29, 0.717) is 18.1 Å². The Morgan fingerprint density at radius 2 is 2.39 bits per heavy atom. The topological polar surface area (TPSA) is 81.3 Å². The second-order valence-electron chi connectivity index (χ2n) is 3.76. The predicted molar refractivity (Wildman–Crippen MR) is 65.2 cm³/mol. The Balaban J connectivity index is 1.87. The van der Waals surface area contributed by atoms with E-state index in [1.807, 2.05) is 0 Å². The van der Waals surface area contributed by atoms with E-state index in [1.54, 1.807) is 24.0 Å². The van der Waals surface area contributed by atoms with Crippen LogP contribution in [0.25, 0.3) is 11.6 Å². The first kappa shape index (κ1) is 11.5. The minimum Gasteiger partial charge on any atom is -0.505 e. The summed E-state index contributed by atoms with van der Waals surface area (Å²) in [5.74, 6) is 2.53. The van der Waals surface area contributed by atoms with Gasteiger partial charge in [-0.1, -0.05) is 5.16 Å². The van der Waals surface area contributed by atoms with Crippen LogP contribution in [0.15, 0.2) is 22.9 Å². The van der Waals surface area contributed by atoms with Gasteiger partial charge in [0.05, 0.1) is 6.61 Å². The molecule has 1 N–H and O–H groups in total. The normalized spacial score (nSPS) is 19.9. The lowest BCUT2D eigenvalue weighted by atomic mass is 10.3. The van der Waals surface area contributed by atoms with E-state index >= 15 is 0 Å². The van der Waals surface area contributed by atoms with Crippen molar-refractivity contribution in [3.63, 3.8) is 0 Å². The minimum absolute atomic E-state index is 0.0200. The molecule has 0 bridgehead atoms. The highest BCUT2D eigenvalue weighted by Crippen LogP contribution is 2.28. The lowest BCUT2D eigenvalue weighted by Gasteiger charge is -2.18. The van der Waals surface area contributed by atoms with Crippen LogP contribution in [-0.4, -0.2) is 38.3 Å². The third-order valence-electron chi connectivity index (χ3n) is 2.53. The van der Waals surface area contributed by atoms with Gasteiger partial charge < -0.3 is 14.4 Å². The van der Waals surface area contributed by atoms with Crippen molar-refractivity contribution in [2.45, 2.75) is 6.10 Å². The van der Waals surface area contributed by atoms with Crippen molar-refractivity contribution in [2.24, 2.45) is 0 Å². The second-order valence-corrected chi connectivity index (χ2v) is 4.91. The van der Waals surface area contributed by atoms with Crippen LogP contribution in [0.4, 0.5) is 0 Å². The van der Waals surface area contributed by atoms with Gasteiger partial charge in [0.15, 0.2) is 5.69 Å². The third kappa shape index (κ3) is 2.19. The number of aromatic nitrogens is 3. The van der Waals surface area contributed by atoms with E-state index in [-0.39, 0.29) is 17.7 Å². The number of pyridine rings is 1. The Labute approximate surface area is 107 Å². The molecule has 0 radical (unpaired) electrons. The number of ether oxygens (including phenoxy) is 1. The van der Waals surface area contributed by atoms with Crippen molar-refractivity contribution in [1.29, 1.82) is 0 Å². The van der Waals surface area contributed by atoms with Gasteiger partial charge in [0, 0.05) is 17.7 Å². The first-order valence-corrected chi connectivity index (χ1v) is 6.67. The second kappa shape index (κ2) is 4.95. The Morgan fingerprint density at radius 1 is 1.44 bits per heavy atom. The SMILES string of the molecule is Oc1cccnc1-c1nc(C2CSCCO2)no1. The lowest BCUT2D eigenvalue weighted by Crippen LogP contribution is -2.16. The largest absolute Gasteiger partial charge is 0.505 e. The molecular formula is C11H11N3O3S. The van der Waals surface area contributed by atoms with Crippen LogP contribution in [0.1, 0.15) is 11.9 Å². The number of hydrogen-bond acceptors (Lipinski definition) is 7. The molecule has 3 heterocycles. The summed E-state index contributed by atoms with van der Waals surface area (Å²) in [4.78, 5) is 8.24. The fourth-order valence-electron chi connectivity index (χ4n) is 1.66. The van der Waals surface area contributed by atoms with Crippen LogP contribution in [0.2, 0.25) is 0 Å². The predicted octanol–water partition coefficient (Wildman–Crippen LogP) is 1.64. The lowest BCUT2D eigenvalue weighted by molar-refractivity contribution is 0.0677. The molecule has 7 heteroatoms. The highest BCUT2D eigenvalue weighted by molar-refractivity contribution is 7.99. The molecule has 0 amide bonds. The van der Waals surface area contributed by atoms with Crippen molar-refractivity contribution in [1.82, 2.24) is 15.1 Å². The molecule has 0 aliphatic carbocycles. The van der Waals surface area contributed by atoms with Crippen molar-refractivity contribution >= 4 is 11.8 Å². The van der Waals surface area contributed by atoms with E-state index in [1.165, 1.54) is 6.07 Å². The zero-order valence-corrected chi connectivity index (χ0v) is 10.3. The minimum atomic E-state index is -0.146. The maximum Gasteiger partial charge on any atom is 0.280 e. The summed E-state index contributed by atoms with van der Waals surface area (Å²) in [6.07, 6.45) is 1.42. The van der Waals surface area contributed by atoms with E-state index in [4.69, 9.17) is 9.26 Å². The smallest absolute Gasteiger partial charge is 0.280 e. The Kier molecular flexibility index (Phi) is 3.16. The van der Waals surface area contributed by atoms with Gasteiger partial charge in [-0.3, -0.25) is 0 Å². The van der Waals surface area contributed by atoms with Gasteiger partial charge in [0.25, 0.3) is 5.89 Å². The molecule has 18 heavy (non-hydrogen) atoms. The van der Waals surface area contributed by atoms with Crippen molar-refractivity contribution in [3.8, 4) is 17.3 Å². The van der Waals surface area contributed by atoms with Crippen LogP contribution in [-0.2, 0) is 4.74 Å². The molecule has 1 saturated heterocycles. The van der Waals surface area contributed by atoms with Gasteiger partial charge in [-0.15, -0.1) is 0 Å². The first-order chi connectivity index (χ1) is 8.84. The summed E-state index contributed by atoms with van der Waals surface area (Å²) in [6, 6.07) is 3.16. The monoisotopic (exact) mass is 265 g/mol. The molecule has 0 aromatic carbocycles. The van der Waals surface area contributed by atoms with Gasteiger partial charge in [0.1, 0.15) is 11.9 Å². The van der Waals surface area contributed by atoms with Gasteiger partial charge in [-0.05, 0) is 12.1 Å². The van der Waals surface area contributed by atoms with Crippen LogP contribution >= 0.6 is 11.8 Å². The average molecular weight is 265 g/mol. The molecule has 94 valence electrons. The number of rotatable bonds is 2. The fourth-order valence-corrected chi connectivity index (χ4v) is 2.50. The highest BCUT2D eigenvalue weighted by Gasteiger charge is 2.23. The summed E-state index contributed by atoms with van der Waals surface area (Å²) < 4.78 is 10.7. The molecule has 2 aromatic rings. The number of nitrogens with zero attached hydrogens (tertiary/aromatic N) is 3. The molecule has 1 aliphatic rings. The Hall–Kier alpha value is -1.60. The number of thioether (sulfide) groups is 1. The molecule has 1 atom stereocenters. The number of aromatic hydroxyl groups is 1. The fraction of sp³-hybridized carbons (Fsp3) is 0.364. The van der Waals surface area contributed by atoms with Crippen molar-refractivity contribution in [2.75, 3.05) is 18.1 Å². The van der Waals surface area contributed by atoms with Gasteiger partial charge in [-0.2, -0.15) is 16.7 Å². The maximum absolute atomic E-state index is 9.66. The Morgan fingerprint density at radius 3 is 3.17 bits per heavy atom. The van der Waals surface area contributed by atoms with Crippen LogP contribution < -0.4 is 0 Å². The summed E-state index contributed by atoms with van der Waals surface area (Å²) in [6.45, 7) is 0.689. The van der Waals surface area contributed by atoms with Crippen LogP contribution in [0.5, 0.6) is 5.75 Å². The van der Waals surface area contributed by atoms with E-state index in [0.717, 1.165) is 11.5 Å². The van der Waals surface area contributed by atoms with Crippen molar-refractivity contribution in [3.05, 3.63) is 24.2 Å². The van der Waals surface area contributed by atoms with Gasteiger partial charge in [-0.25, -0.2) is 4.98 Å². The van der Waals surface area contributed by atoms with Gasteiger partial charge >= 0.3 is 0 Å². The highest BCUT2D eigenvalue weighted by atomic mass is 32.2. The molecule has 2 aromatic heterocycles. The van der Waals surface area contributed by atoms with Crippen LogP contribution in [0, 0.1) is 0 Å². The molecule has 1 unspecified atom stereocenters. The first-order valence-electron chi connectivity index (χ1n) is 5.52. The maximum atomic E-state index is 9.66. The average Bonchev–Trinajstić information content (AvgIpc) is 2.90. The molecule has 0 spiro atoms. The molecule has 0 saturated carbocycles. The summed E-state index contributed by atoms with van der Waals surface area (Å²) in [5, 5.41) is 13.5. The molecule has 3 rings (SSSR count). The molecule has 6 nitrogen and oxygen atoms in total. The molecule has 1 fully saturated rings. The molecule has 1 aliphatic heterocycles. The number of hydrogen-bond donors (Lipinski definition) is 1. The summed E-state index contributed by atoms with van der Waals surface area (Å²) in [5.41, 5.74) is 0.291. The molecular weight excluding hydrogens is 254 g/mol. The van der Waals surface area contributed by atoms with Crippen molar-refractivity contribution < 1.29 is 14.4 Å². The zero-order valence-electron chi connectivity index (χ0n) is 9.44. The summed E-state index contributed by atoms with van der Waals surface area (Å²) in [7, 11) is 0. The van der Waals surface area contributed by atoms with E-state index in [2.05, 4.69) is 15.1 Å². The Bertz CT molecular complexity index is 540. The third-order valence-corrected chi connectivity index (χ3v) is 3.53. The quantitative estimate of drug-likeness (QED) is 0.883. The van der Waals surface area contributed by atoms with E-state index in [9.17, 15) is 5.11 Å². The standard InChI is InChI=1S/C11H11N3O3S/c15-7-2-1-3-12-9(7)11-13-10(14-17-11)8-6-18-5-4-16-8/h1-3,8,15H,4-6H2.